The zero-order valence-corrected chi connectivity index (χ0v) is 12.2. The Balaban J connectivity index is 1.87. The predicted molar refractivity (Wildman–Crippen MR) is 78.2 cm³/mol. The number of benzene rings is 1. The van der Waals surface area contributed by atoms with Gasteiger partial charge in [-0.15, -0.1) is 11.8 Å². The third kappa shape index (κ3) is 4.25. The first-order valence-corrected chi connectivity index (χ1v) is 7.84. The lowest BCUT2D eigenvalue weighted by molar-refractivity contribution is -0.129. The Morgan fingerprint density at radius 2 is 2.11 bits per heavy atom. The molecule has 1 saturated heterocycles. The summed E-state index contributed by atoms with van der Waals surface area (Å²) in [7, 11) is 0. The van der Waals surface area contributed by atoms with E-state index in [1.807, 2.05) is 29.2 Å². The van der Waals surface area contributed by atoms with Crippen molar-refractivity contribution in [3.05, 3.63) is 29.8 Å². The first-order valence-electron chi connectivity index (χ1n) is 6.85. The maximum atomic E-state index is 12.0. The highest BCUT2D eigenvalue weighted by Crippen LogP contribution is 2.23. The van der Waals surface area contributed by atoms with E-state index >= 15 is 0 Å². The maximum absolute atomic E-state index is 12.0. The molecule has 0 saturated carbocycles. The molecule has 0 radical (unpaired) electrons. The molecule has 1 aliphatic rings. The average molecular weight is 279 g/mol. The van der Waals surface area contributed by atoms with Gasteiger partial charge in [-0.1, -0.05) is 12.1 Å². The molecular weight excluding hydrogens is 258 g/mol. The van der Waals surface area contributed by atoms with E-state index in [2.05, 4.69) is 0 Å². The van der Waals surface area contributed by atoms with Gasteiger partial charge in [0, 0.05) is 18.0 Å². The van der Waals surface area contributed by atoms with Crippen LogP contribution in [0.5, 0.6) is 0 Å². The molecule has 2 rings (SSSR count). The molecule has 1 atom stereocenters. The lowest BCUT2D eigenvalue weighted by atomic mass is 10.1. The van der Waals surface area contributed by atoms with E-state index in [9.17, 15) is 9.90 Å². The van der Waals surface area contributed by atoms with Gasteiger partial charge >= 0.3 is 0 Å². The normalized spacial score (nSPS) is 17.3. The van der Waals surface area contributed by atoms with Crippen LogP contribution in [0.25, 0.3) is 0 Å². The molecule has 0 aliphatic carbocycles. The van der Waals surface area contributed by atoms with E-state index in [1.165, 1.54) is 6.42 Å². The van der Waals surface area contributed by atoms with Gasteiger partial charge in [-0.05, 0) is 43.9 Å². The van der Waals surface area contributed by atoms with E-state index in [0.717, 1.165) is 36.4 Å². The van der Waals surface area contributed by atoms with Gasteiger partial charge in [0.25, 0.3) is 0 Å². The number of carbonyl (C=O) groups is 1. The molecule has 1 heterocycles. The summed E-state index contributed by atoms with van der Waals surface area (Å²) in [5.41, 5.74) is 0.899. The number of aliphatic hydroxyl groups is 1. The zero-order valence-electron chi connectivity index (χ0n) is 11.3. The molecule has 1 aliphatic heterocycles. The topological polar surface area (TPSA) is 40.5 Å². The molecule has 3 nitrogen and oxygen atoms in total. The molecule has 1 amide bonds. The van der Waals surface area contributed by atoms with Crippen molar-refractivity contribution in [2.24, 2.45) is 0 Å². The highest BCUT2D eigenvalue weighted by atomic mass is 32.2. The molecule has 104 valence electrons. The molecule has 1 N–H and O–H groups in total. The summed E-state index contributed by atoms with van der Waals surface area (Å²) in [6, 6.07) is 7.77. The summed E-state index contributed by atoms with van der Waals surface area (Å²) in [6.07, 6.45) is 3.05. The van der Waals surface area contributed by atoms with Gasteiger partial charge in [0.2, 0.25) is 5.91 Å². The summed E-state index contributed by atoms with van der Waals surface area (Å²) >= 11 is 1.55. The number of hydrogen-bond donors (Lipinski definition) is 1. The summed E-state index contributed by atoms with van der Waals surface area (Å²) in [4.78, 5) is 15.1. The summed E-state index contributed by atoms with van der Waals surface area (Å²) < 4.78 is 0. The lowest BCUT2D eigenvalue weighted by Gasteiger charge is -2.26. The maximum Gasteiger partial charge on any atom is 0.232 e. The third-order valence-electron chi connectivity index (χ3n) is 3.41. The highest BCUT2D eigenvalue weighted by molar-refractivity contribution is 8.00. The quantitative estimate of drug-likeness (QED) is 0.862. The van der Waals surface area contributed by atoms with Crippen LogP contribution >= 0.6 is 11.8 Å². The van der Waals surface area contributed by atoms with E-state index in [0.29, 0.717) is 5.75 Å². The summed E-state index contributed by atoms with van der Waals surface area (Å²) in [5, 5.41) is 9.54. The van der Waals surface area contributed by atoms with Crippen LogP contribution < -0.4 is 0 Å². The van der Waals surface area contributed by atoms with Crippen molar-refractivity contribution in [1.29, 1.82) is 0 Å². The fourth-order valence-corrected chi connectivity index (χ4v) is 3.11. The number of likely N-dealkylation sites (tertiary alicyclic amines) is 1. The van der Waals surface area contributed by atoms with Crippen molar-refractivity contribution in [2.75, 3.05) is 18.8 Å². The molecule has 0 aromatic heterocycles. The van der Waals surface area contributed by atoms with Gasteiger partial charge in [-0.3, -0.25) is 4.79 Å². The van der Waals surface area contributed by atoms with Gasteiger partial charge in [-0.2, -0.15) is 0 Å². The number of hydrogen-bond acceptors (Lipinski definition) is 3. The number of thioether (sulfide) groups is 1. The van der Waals surface area contributed by atoms with Crippen LogP contribution in [-0.2, 0) is 4.79 Å². The molecular formula is C15H21NO2S. The minimum absolute atomic E-state index is 0.229. The van der Waals surface area contributed by atoms with Crippen molar-refractivity contribution in [2.45, 2.75) is 37.2 Å². The van der Waals surface area contributed by atoms with E-state index in [1.54, 1.807) is 18.7 Å². The lowest BCUT2D eigenvalue weighted by Crippen LogP contribution is -2.36. The number of nitrogens with zero attached hydrogens (tertiary/aromatic N) is 1. The fourth-order valence-electron chi connectivity index (χ4n) is 2.24. The van der Waals surface area contributed by atoms with Crippen LogP contribution in [0.1, 0.15) is 37.9 Å². The fraction of sp³-hybridized carbons (Fsp3) is 0.533. The second kappa shape index (κ2) is 6.96. The SMILES string of the molecule is CC(O)c1cccc(SCC(=O)N2CCCCC2)c1. The standard InChI is InChI=1S/C15H21NO2S/c1-12(17)13-6-5-7-14(10-13)19-11-15(18)16-8-3-2-4-9-16/h5-7,10,12,17H,2-4,8-9,11H2,1H3. The Morgan fingerprint density at radius 1 is 1.37 bits per heavy atom. The number of amides is 1. The summed E-state index contributed by atoms with van der Waals surface area (Å²) in [5.74, 6) is 0.718. The first-order chi connectivity index (χ1) is 9.16. The molecule has 0 spiro atoms. The monoisotopic (exact) mass is 279 g/mol. The molecule has 19 heavy (non-hydrogen) atoms. The second-order valence-electron chi connectivity index (χ2n) is 4.98. The molecule has 1 aromatic carbocycles. The van der Waals surface area contributed by atoms with Crippen LogP contribution in [-0.4, -0.2) is 34.8 Å². The van der Waals surface area contributed by atoms with Crippen molar-refractivity contribution in [3.8, 4) is 0 Å². The Morgan fingerprint density at radius 3 is 2.79 bits per heavy atom. The van der Waals surface area contributed by atoms with Crippen molar-refractivity contribution < 1.29 is 9.90 Å². The number of rotatable bonds is 4. The molecule has 1 unspecified atom stereocenters. The van der Waals surface area contributed by atoms with Crippen molar-refractivity contribution in [1.82, 2.24) is 4.90 Å². The molecule has 1 aromatic rings. The van der Waals surface area contributed by atoms with E-state index in [-0.39, 0.29) is 5.91 Å². The van der Waals surface area contributed by atoms with Gasteiger partial charge in [0.15, 0.2) is 0 Å². The number of aliphatic hydroxyl groups excluding tert-OH is 1. The average Bonchev–Trinajstić information content (AvgIpc) is 2.46. The van der Waals surface area contributed by atoms with Crippen molar-refractivity contribution in [3.63, 3.8) is 0 Å². The second-order valence-corrected chi connectivity index (χ2v) is 6.03. The third-order valence-corrected chi connectivity index (χ3v) is 4.39. The van der Waals surface area contributed by atoms with Gasteiger partial charge in [0.1, 0.15) is 0 Å². The molecule has 4 heteroatoms. The minimum Gasteiger partial charge on any atom is -0.389 e. The van der Waals surface area contributed by atoms with Gasteiger partial charge in [-0.25, -0.2) is 0 Å². The van der Waals surface area contributed by atoms with Gasteiger partial charge < -0.3 is 10.0 Å². The Kier molecular flexibility index (Phi) is 5.28. The van der Waals surface area contributed by atoms with Gasteiger partial charge in [0.05, 0.1) is 11.9 Å². The van der Waals surface area contributed by atoms with Crippen LogP contribution in [0, 0.1) is 0 Å². The summed E-state index contributed by atoms with van der Waals surface area (Å²) in [6.45, 7) is 3.57. The Hall–Kier alpha value is -1.00. The zero-order chi connectivity index (χ0) is 13.7. The van der Waals surface area contributed by atoms with E-state index in [4.69, 9.17) is 0 Å². The van der Waals surface area contributed by atoms with Crippen molar-refractivity contribution >= 4 is 17.7 Å². The van der Waals surface area contributed by atoms with Crippen LogP contribution in [0.3, 0.4) is 0 Å². The first kappa shape index (κ1) is 14.4. The van der Waals surface area contributed by atoms with Crippen LogP contribution in [0.4, 0.5) is 0 Å². The Bertz CT molecular complexity index is 428. The number of piperidine rings is 1. The van der Waals surface area contributed by atoms with Crippen LogP contribution in [0.15, 0.2) is 29.2 Å². The van der Waals surface area contributed by atoms with Crippen LogP contribution in [0.2, 0.25) is 0 Å². The molecule has 0 bridgehead atoms. The molecule has 1 fully saturated rings. The number of carbonyl (C=O) groups excluding carboxylic acids is 1. The van der Waals surface area contributed by atoms with E-state index < -0.39 is 6.10 Å². The predicted octanol–water partition coefficient (Wildman–Crippen LogP) is 2.84. The highest BCUT2D eigenvalue weighted by Gasteiger charge is 2.16. The minimum atomic E-state index is -0.460. The Labute approximate surface area is 119 Å². The smallest absolute Gasteiger partial charge is 0.232 e. The largest absolute Gasteiger partial charge is 0.389 e.